The Morgan fingerprint density at radius 3 is 2.69 bits per heavy atom. The molecular formula is C12H18N2O2. The normalized spacial score (nSPS) is 27.1. The molecule has 1 fully saturated rings. The van der Waals surface area contributed by atoms with Gasteiger partial charge in [-0.05, 0) is 31.9 Å². The van der Waals surface area contributed by atoms with Gasteiger partial charge in [-0.15, -0.1) is 0 Å². The molecule has 1 aromatic rings. The van der Waals surface area contributed by atoms with Crippen molar-refractivity contribution >= 4 is 5.82 Å². The zero-order chi connectivity index (χ0) is 11.8. The van der Waals surface area contributed by atoms with Gasteiger partial charge in [-0.2, -0.15) is 0 Å². The minimum Gasteiger partial charge on any atom is -0.389 e. The van der Waals surface area contributed by atoms with Crippen LogP contribution in [0.5, 0.6) is 0 Å². The molecule has 2 rings (SSSR count). The van der Waals surface area contributed by atoms with Crippen molar-refractivity contribution in [3.05, 3.63) is 23.9 Å². The maximum Gasteiger partial charge on any atom is 0.128 e. The smallest absolute Gasteiger partial charge is 0.128 e. The van der Waals surface area contributed by atoms with Crippen LogP contribution in [0, 0.1) is 0 Å². The molecule has 1 aromatic heterocycles. The van der Waals surface area contributed by atoms with Crippen LogP contribution in [0.2, 0.25) is 0 Å². The van der Waals surface area contributed by atoms with E-state index >= 15 is 0 Å². The molecule has 0 amide bonds. The van der Waals surface area contributed by atoms with Gasteiger partial charge in [0.05, 0.1) is 11.7 Å². The number of β-amino-alcohol motifs (C(OH)–C–C–N with tert-alkyl or cyclic N) is 1. The van der Waals surface area contributed by atoms with E-state index in [1.165, 1.54) is 0 Å². The quantitative estimate of drug-likeness (QED) is 0.786. The third-order valence-electron chi connectivity index (χ3n) is 3.03. The molecule has 4 heteroatoms. The number of rotatable bonds is 2. The Bertz CT molecular complexity index is 360. The van der Waals surface area contributed by atoms with Crippen LogP contribution < -0.4 is 4.90 Å². The van der Waals surface area contributed by atoms with Crippen LogP contribution in [-0.4, -0.2) is 33.9 Å². The monoisotopic (exact) mass is 222 g/mol. The Kier molecular flexibility index (Phi) is 2.86. The van der Waals surface area contributed by atoms with Crippen molar-refractivity contribution in [1.82, 2.24) is 4.98 Å². The van der Waals surface area contributed by atoms with Gasteiger partial charge in [0, 0.05) is 19.3 Å². The van der Waals surface area contributed by atoms with Crippen molar-refractivity contribution in [2.45, 2.75) is 32.0 Å². The molecule has 0 saturated carbocycles. The molecule has 1 saturated heterocycles. The van der Waals surface area contributed by atoms with Gasteiger partial charge in [-0.3, -0.25) is 0 Å². The second-order valence-corrected chi connectivity index (χ2v) is 4.79. The molecule has 0 bridgehead atoms. The maximum atomic E-state index is 9.86. The first-order valence-electron chi connectivity index (χ1n) is 5.59. The van der Waals surface area contributed by atoms with Crippen LogP contribution in [0.4, 0.5) is 5.82 Å². The van der Waals surface area contributed by atoms with Crippen LogP contribution in [0.15, 0.2) is 18.3 Å². The van der Waals surface area contributed by atoms with Crippen molar-refractivity contribution in [3.8, 4) is 0 Å². The molecule has 2 N–H and O–H groups in total. The number of nitrogens with zero attached hydrogens (tertiary/aromatic N) is 2. The summed E-state index contributed by atoms with van der Waals surface area (Å²) in [6, 6.07) is 3.77. The number of hydrogen-bond acceptors (Lipinski definition) is 4. The van der Waals surface area contributed by atoms with Crippen LogP contribution in [-0.2, 0) is 0 Å². The van der Waals surface area contributed by atoms with Crippen molar-refractivity contribution in [2.24, 2.45) is 0 Å². The van der Waals surface area contributed by atoms with Gasteiger partial charge >= 0.3 is 0 Å². The number of aromatic nitrogens is 1. The first kappa shape index (κ1) is 11.4. The highest BCUT2D eigenvalue weighted by atomic mass is 16.3. The van der Waals surface area contributed by atoms with E-state index in [-0.39, 0.29) is 0 Å². The second-order valence-electron chi connectivity index (χ2n) is 4.79. The summed E-state index contributed by atoms with van der Waals surface area (Å²) in [6.45, 7) is 5.01. The molecule has 2 atom stereocenters. The standard InChI is InChI=1S/C12H18N2O2/c1-9(15)10-3-4-11(13-7-10)14-6-5-12(2,16)8-14/h3-4,7,9,15-16H,5-6,8H2,1-2H3/t9-,12?/m1/s1. The van der Waals surface area contributed by atoms with E-state index in [4.69, 9.17) is 0 Å². The van der Waals surface area contributed by atoms with Crippen molar-refractivity contribution < 1.29 is 10.2 Å². The third-order valence-corrected chi connectivity index (χ3v) is 3.03. The lowest BCUT2D eigenvalue weighted by Crippen LogP contribution is -2.29. The van der Waals surface area contributed by atoms with Gasteiger partial charge in [0.15, 0.2) is 0 Å². The molecule has 2 heterocycles. The van der Waals surface area contributed by atoms with E-state index < -0.39 is 11.7 Å². The Hall–Kier alpha value is -1.13. The zero-order valence-electron chi connectivity index (χ0n) is 9.72. The summed E-state index contributed by atoms with van der Waals surface area (Å²) in [5, 5.41) is 19.2. The summed E-state index contributed by atoms with van der Waals surface area (Å²) in [5.74, 6) is 0.863. The van der Waals surface area contributed by atoms with Crippen LogP contribution in [0.25, 0.3) is 0 Å². The fraction of sp³-hybridized carbons (Fsp3) is 0.583. The highest BCUT2D eigenvalue weighted by Crippen LogP contribution is 2.25. The van der Waals surface area contributed by atoms with Gasteiger partial charge in [0.25, 0.3) is 0 Å². The Balaban J connectivity index is 2.11. The first-order valence-corrected chi connectivity index (χ1v) is 5.59. The Morgan fingerprint density at radius 1 is 1.50 bits per heavy atom. The maximum absolute atomic E-state index is 9.86. The fourth-order valence-corrected chi connectivity index (χ4v) is 1.97. The largest absolute Gasteiger partial charge is 0.389 e. The average Bonchev–Trinajstić information content (AvgIpc) is 2.59. The Labute approximate surface area is 95.5 Å². The van der Waals surface area contributed by atoms with Gasteiger partial charge in [-0.25, -0.2) is 4.98 Å². The van der Waals surface area contributed by atoms with Crippen molar-refractivity contribution in [1.29, 1.82) is 0 Å². The molecule has 4 nitrogen and oxygen atoms in total. The predicted octanol–water partition coefficient (Wildman–Crippen LogP) is 1.10. The molecule has 88 valence electrons. The molecule has 1 unspecified atom stereocenters. The number of pyridine rings is 1. The van der Waals surface area contributed by atoms with E-state index in [9.17, 15) is 10.2 Å². The predicted molar refractivity (Wildman–Crippen MR) is 62.3 cm³/mol. The van der Waals surface area contributed by atoms with Gasteiger partial charge in [0.1, 0.15) is 5.82 Å². The van der Waals surface area contributed by atoms with Gasteiger partial charge in [0.2, 0.25) is 0 Å². The van der Waals surface area contributed by atoms with Gasteiger partial charge in [-0.1, -0.05) is 6.07 Å². The van der Waals surface area contributed by atoms with E-state index in [1.807, 2.05) is 19.1 Å². The first-order chi connectivity index (χ1) is 7.48. The second kappa shape index (κ2) is 4.03. The van der Waals surface area contributed by atoms with Crippen molar-refractivity contribution in [3.63, 3.8) is 0 Å². The lowest BCUT2D eigenvalue weighted by atomic mass is 10.1. The summed E-state index contributed by atoms with van der Waals surface area (Å²) in [4.78, 5) is 6.36. The van der Waals surface area contributed by atoms with E-state index in [0.717, 1.165) is 24.3 Å². The SMILES string of the molecule is C[C@@H](O)c1ccc(N2CCC(C)(O)C2)nc1. The fourth-order valence-electron chi connectivity index (χ4n) is 1.97. The lowest BCUT2D eigenvalue weighted by Gasteiger charge is -2.20. The summed E-state index contributed by atoms with van der Waals surface area (Å²) >= 11 is 0. The highest BCUT2D eigenvalue weighted by molar-refractivity contribution is 5.41. The summed E-state index contributed by atoms with van der Waals surface area (Å²) in [7, 11) is 0. The van der Waals surface area contributed by atoms with E-state index in [0.29, 0.717) is 6.54 Å². The molecule has 0 aromatic carbocycles. The molecular weight excluding hydrogens is 204 g/mol. The molecule has 16 heavy (non-hydrogen) atoms. The topological polar surface area (TPSA) is 56.6 Å². The summed E-state index contributed by atoms with van der Waals surface area (Å²) < 4.78 is 0. The minimum absolute atomic E-state index is 0.483. The third kappa shape index (κ3) is 2.33. The number of anilines is 1. The van der Waals surface area contributed by atoms with E-state index in [2.05, 4.69) is 9.88 Å². The Morgan fingerprint density at radius 2 is 2.25 bits per heavy atom. The van der Waals surface area contributed by atoms with Crippen molar-refractivity contribution in [2.75, 3.05) is 18.0 Å². The summed E-state index contributed by atoms with van der Waals surface area (Å²) in [5.41, 5.74) is 0.208. The molecule has 0 aliphatic carbocycles. The lowest BCUT2D eigenvalue weighted by molar-refractivity contribution is 0.0839. The van der Waals surface area contributed by atoms with Crippen LogP contribution in [0.3, 0.4) is 0 Å². The van der Waals surface area contributed by atoms with Crippen LogP contribution in [0.1, 0.15) is 31.9 Å². The summed E-state index contributed by atoms with van der Waals surface area (Å²) in [6.07, 6.45) is 1.98. The van der Waals surface area contributed by atoms with Gasteiger partial charge < -0.3 is 15.1 Å². The number of hydrogen-bond donors (Lipinski definition) is 2. The molecule has 1 aliphatic heterocycles. The highest BCUT2D eigenvalue weighted by Gasteiger charge is 2.31. The number of aliphatic hydroxyl groups is 2. The average molecular weight is 222 g/mol. The zero-order valence-corrected chi connectivity index (χ0v) is 9.72. The molecule has 1 aliphatic rings. The van der Waals surface area contributed by atoms with E-state index in [1.54, 1.807) is 13.1 Å². The number of aliphatic hydroxyl groups excluding tert-OH is 1. The molecule has 0 radical (unpaired) electrons. The van der Waals surface area contributed by atoms with Crippen LogP contribution >= 0.6 is 0 Å². The molecule has 0 spiro atoms. The minimum atomic E-state index is -0.607.